The number of hydrogen-bond donors (Lipinski definition) is 3. The van der Waals surface area contributed by atoms with Gasteiger partial charge in [0.05, 0.1) is 24.1 Å². The first-order chi connectivity index (χ1) is 12.1. The minimum Gasteiger partial charge on any atom is -0.477 e. The van der Waals surface area contributed by atoms with Gasteiger partial charge in [0.25, 0.3) is 0 Å². The van der Waals surface area contributed by atoms with E-state index >= 15 is 0 Å². The van der Waals surface area contributed by atoms with E-state index in [1.54, 1.807) is 18.9 Å². The molecule has 0 aromatic heterocycles. The number of aliphatic imine (C=N–C) groups is 1. The number of aliphatic hydroxyl groups is 1. The van der Waals surface area contributed by atoms with Gasteiger partial charge in [0.1, 0.15) is 5.70 Å². The van der Waals surface area contributed by atoms with Gasteiger partial charge in [-0.3, -0.25) is 14.9 Å². The lowest BCUT2D eigenvalue weighted by molar-refractivity contribution is -0.161. The average Bonchev–Trinajstić information content (AvgIpc) is 2.84. The quantitative estimate of drug-likeness (QED) is 0.574. The smallest absolute Gasteiger partial charge is 0.352 e. The molecule has 0 spiro atoms. The number of fused-ring (bicyclic) bond motifs is 1. The van der Waals surface area contributed by atoms with Gasteiger partial charge in [-0.1, -0.05) is 0 Å². The summed E-state index contributed by atoms with van der Waals surface area (Å²) in [6.07, 6.45) is -0.384. The van der Waals surface area contributed by atoms with E-state index in [2.05, 4.69) is 10.3 Å². The minimum atomic E-state index is -1.13. The summed E-state index contributed by atoms with van der Waals surface area (Å²) < 4.78 is 0. The van der Waals surface area contributed by atoms with Gasteiger partial charge in [0.2, 0.25) is 17.8 Å². The van der Waals surface area contributed by atoms with Crippen molar-refractivity contribution in [1.29, 1.82) is 0 Å². The predicted molar refractivity (Wildman–Crippen MR) is 91.9 cm³/mol. The molecule has 0 aromatic carbocycles. The van der Waals surface area contributed by atoms with Crippen molar-refractivity contribution in [3.8, 4) is 0 Å². The fourth-order valence-corrected chi connectivity index (χ4v) is 4.24. The van der Waals surface area contributed by atoms with Crippen molar-refractivity contribution in [2.24, 2.45) is 16.8 Å². The molecule has 1 saturated heterocycles. The number of aliphatic hydroxyl groups excluding tert-OH is 1. The number of carboxylic acid groups (broad SMARTS) is 1. The van der Waals surface area contributed by atoms with Crippen molar-refractivity contribution < 1.29 is 24.6 Å². The van der Waals surface area contributed by atoms with Crippen LogP contribution < -0.4 is 5.32 Å². The fraction of sp³-hybridized carbons (Fsp3) is 0.647. The Morgan fingerprint density at radius 3 is 2.58 bits per heavy atom. The molecule has 0 radical (unpaired) electrons. The Morgan fingerprint density at radius 2 is 2.04 bits per heavy atom. The maximum atomic E-state index is 12.3. The highest BCUT2D eigenvalue weighted by Gasteiger charge is 2.57. The lowest BCUT2D eigenvalue weighted by Crippen LogP contribution is -2.61. The topological polar surface area (TPSA) is 123 Å². The van der Waals surface area contributed by atoms with Crippen LogP contribution in [0.25, 0.3) is 0 Å². The summed E-state index contributed by atoms with van der Waals surface area (Å²) in [7, 11) is 1.78. The number of nitrogens with one attached hydrogen (secondary N) is 1. The molecular weight excluding hydrogens is 340 g/mol. The summed E-state index contributed by atoms with van der Waals surface area (Å²) >= 11 is 0. The molecule has 5 atom stereocenters. The summed E-state index contributed by atoms with van der Waals surface area (Å²) in [5, 5.41) is 22.2. The number of nitrogens with zero attached hydrogens (tertiary/aromatic N) is 3. The minimum absolute atomic E-state index is 0.0281. The second-order valence-corrected chi connectivity index (χ2v) is 7.29. The molecule has 3 aliphatic heterocycles. The van der Waals surface area contributed by atoms with Gasteiger partial charge < -0.3 is 20.0 Å². The van der Waals surface area contributed by atoms with Gasteiger partial charge in [-0.15, -0.1) is 0 Å². The highest BCUT2D eigenvalue weighted by atomic mass is 16.4. The normalized spacial score (nSPS) is 32.0. The Labute approximate surface area is 151 Å². The second-order valence-electron chi connectivity index (χ2n) is 7.29. The maximum absolute atomic E-state index is 12.3. The molecule has 3 rings (SSSR count). The van der Waals surface area contributed by atoms with Crippen molar-refractivity contribution in [3.63, 3.8) is 0 Å². The summed E-state index contributed by atoms with van der Waals surface area (Å²) in [5.74, 6) is -1.98. The van der Waals surface area contributed by atoms with Gasteiger partial charge in [-0.05, 0) is 25.8 Å². The fourth-order valence-electron chi connectivity index (χ4n) is 4.24. The lowest BCUT2D eigenvalue weighted by atomic mass is 9.81. The number of amides is 2. The van der Waals surface area contributed by atoms with E-state index in [0.717, 1.165) is 0 Å². The Hall–Kier alpha value is -2.42. The van der Waals surface area contributed by atoms with Crippen molar-refractivity contribution in [3.05, 3.63) is 11.3 Å². The lowest BCUT2D eigenvalue weighted by Gasteiger charge is -2.44. The molecule has 2 amide bonds. The number of guanidine groups is 1. The van der Waals surface area contributed by atoms with Crippen molar-refractivity contribution in [2.45, 2.75) is 45.4 Å². The molecule has 0 aromatic rings. The van der Waals surface area contributed by atoms with E-state index in [0.29, 0.717) is 24.5 Å². The van der Waals surface area contributed by atoms with Crippen LogP contribution in [0.4, 0.5) is 0 Å². The highest BCUT2D eigenvalue weighted by molar-refractivity contribution is 6.00. The summed E-state index contributed by atoms with van der Waals surface area (Å²) in [6, 6.07) is -0.543. The SMILES string of the molecule is CC(=O)NC1=NC(C)[C@H](C2=C(C(=O)O)N3C(=O)[C@H]([C@@H](C)O)[C@H]3C2)CN1C. The van der Waals surface area contributed by atoms with Crippen LogP contribution in [-0.4, -0.2) is 75.5 Å². The zero-order chi connectivity index (χ0) is 19.3. The van der Waals surface area contributed by atoms with E-state index in [1.165, 1.54) is 11.8 Å². The van der Waals surface area contributed by atoms with E-state index in [9.17, 15) is 24.6 Å². The molecule has 1 fully saturated rings. The highest BCUT2D eigenvalue weighted by Crippen LogP contribution is 2.47. The van der Waals surface area contributed by atoms with Gasteiger partial charge in [0, 0.05) is 26.4 Å². The monoisotopic (exact) mass is 364 g/mol. The number of aliphatic carboxylic acids is 1. The molecule has 9 heteroatoms. The molecule has 0 bridgehead atoms. The van der Waals surface area contributed by atoms with E-state index in [1.807, 2.05) is 6.92 Å². The first-order valence-corrected chi connectivity index (χ1v) is 8.67. The molecular formula is C17H24N4O5. The van der Waals surface area contributed by atoms with Crippen LogP contribution in [0.15, 0.2) is 16.3 Å². The van der Waals surface area contributed by atoms with Crippen molar-refractivity contribution in [2.75, 3.05) is 13.6 Å². The third-order valence-corrected chi connectivity index (χ3v) is 5.44. The van der Waals surface area contributed by atoms with Crippen molar-refractivity contribution >= 4 is 23.7 Å². The molecule has 0 saturated carbocycles. The van der Waals surface area contributed by atoms with Crippen LogP contribution in [0.2, 0.25) is 0 Å². The third kappa shape index (κ3) is 2.76. The third-order valence-electron chi connectivity index (χ3n) is 5.44. The molecule has 3 heterocycles. The molecule has 3 aliphatic rings. The standard InChI is InChI=1S/C17H24N4O5/c1-7-11(6-20(4)17(18-7)19-9(3)23)10-5-12-13(8(2)22)15(24)21(12)14(10)16(25)26/h7-8,11-13,22H,5-6H2,1-4H3,(H,25,26)(H,18,19,23)/t7?,8-,11-,12-,13-/m1/s1. The molecule has 142 valence electrons. The first-order valence-electron chi connectivity index (χ1n) is 8.67. The van der Waals surface area contributed by atoms with Crippen LogP contribution in [0.1, 0.15) is 27.2 Å². The van der Waals surface area contributed by atoms with Gasteiger partial charge in [-0.25, -0.2) is 9.79 Å². The number of carboxylic acids is 1. The van der Waals surface area contributed by atoms with Gasteiger partial charge in [-0.2, -0.15) is 0 Å². The summed E-state index contributed by atoms with van der Waals surface area (Å²) in [5.41, 5.74) is 0.712. The average molecular weight is 364 g/mol. The van der Waals surface area contributed by atoms with Crippen LogP contribution >= 0.6 is 0 Å². The van der Waals surface area contributed by atoms with Crippen molar-refractivity contribution in [1.82, 2.24) is 15.1 Å². The summed E-state index contributed by atoms with van der Waals surface area (Å²) in [4.78, 5) is 43.1. The van der Waals surface area contributed by atoms with E-state index < -0.39 is 18.0 Å². The molecule has 9 nitrogen and oxygen atoms in total. The van der Waals surface area contributed by atoms with E-state index in [4.69, 9.17) is 0 Å². The van der Waals surface area contributed by atoms with E-state index in [-0.39, 0.29) is 35.5 Å². The number of carbonyl (C=O) groups excluding carboxylic acids is 2. The van der Waals surface area contributed by atoms with Gasteiger partial charge in [0.15, 0.2) is 0 Å². The largest absolute Gasteiger partial charge is 0.477 e. The first kappa shape index (κ1) is 18.4. The Bertz CT molecular complexity index is 729. The Balaban J connectivity index is 1.91. The zero-order valence-electron chi connectivity index (χ0n) is 15.3. The second kappa shape index (κ2) is 6.39. The molecule has 1 unspecified atom stereocenters. The van der Waals surface area contributed by atoms with Crippen LogP contribution in [-0.2, 0) is 14.4 Å². The Morgan fingerprint density at radius 1 is 1.38 bits per heavy atom. The molecule has 0 aliphatic carbocycles. The van der Waals surface area contributed by atoms with Gasteiger partial charge >= 0.3 is 5.97 Å². The molecule has 3 N–H and O–H groups in total. The maximum Gasteiger partial charge on any atom is 0.352 e. The van der Waals surface area contributed by atoms with Crippen LogP contribution in [0, 0.1) is 11.8 Å². The van der Waals surface area contributed by atoms with Crippen LogP contribution in [0.5, 0.6) is 0 Å². The Kier molecular flexibility index (Phi) is 4.51. The number of rotatable bonds is 3. The zero-order valence-corrected chi connectivity index (χ0v) is 15.3. The molecule has 26 heavy (non-hydrogen) atoms. The summed E-state index contributed by atoms with van der Waals surface area (Å²) in [6.45, 7) is 5.32. The predicted octanol–water partition coefficient (Wildman–Crippen LogP) is -0.621. The number of β-lactam (4-membered cyclic amide) rings is 1. The number of hydrogen-bond acceptors (Lipinski definition) is 6. The number of carbonyl (C=O) groups is 3. The van der Waals surface area contributed by atoms with Crippen LogP contribution in [0.3, 0.4) is 0 Å².